The minimum Gasteiger partial charge on any atom is -0.359 e. The summed E-state index contributed by atoms with van der Waals surface area (Å²) in [5.41, 5.74) is 2.06. The Balaban J connectivity index is 2.44. The first-order valence-electron chi connectivity index (χ1n) is 6.32. The summed E-state index contributed by atoms with van der Waals surface area (Å²) in [5.74, 6) is 0. The maximum atomic E-state index is 12.2. The van der Waals surface area contributed by atoms with Crippen molar-refractivity contribution in [1.82, 2.24) is 14.8 Å². The highest BCUT2D eigenvalue weighted by Crippen LogP contribution is 2.23. The van der Waals surface area contributed by atoms with Gasteiger partial charge >= 0.3 is 0 Å². The Morgan fingerprint density at radius 3 is 2.84 bits per heavy atom. The van der Waals surface area contributed by atoms with Gasteiger partial charge in [-0.05, 0) is 33.8 Å². The van der Waals surface area contributed by atoms with E-state index in [1.807, 2.05) is 19.2 Å². The zero-order valence-corrected chi connectivity index (χ0v) is 12.4. The Kier molecular flexibility index (Phi) is 3.99. The summed E-state index contributed by atoms with van der Waals surface area (Å²) >= 11 is 1.51. The van der Waals surface area contributed by atoms with E-state index in [-0.39, 0.29) is 5.56 Å². The van der Waals surface area contributed by atoms with Crippen LogP contribution in [0.5, 0.6) is 0 Å². The van der Waals surface area contributed by atoms with Crippen LogP contribution in [0, 0.1) is 6.92 Å². The molecule has 0 fully saturated rings. The minimum atomic E-state index is -0.0884. The molecule has 6 heteroatoms. The Hall–Kier alpha value is -1.69. The van der Waals surface area contributed by atoms with Crippen LogP contribution in [0.15, 0.2) is 16.2 Å². The van der Waals surface area contributed by atoms with Gasteiger partial charge in [0.05, 0.1) is 17.0 Å². The molecule has 0 saturated carbocycles. The molecule has 5 nitrogen and oxygen atoms in total. The summed E-state index contributed by atoms with van der Waals surface area (Å²) in [6.45, 7) is 8.47. The van der Waals surface area contributed by atoms with E-state index in [1.165, 1.54) is 16.0 Å². The lowest BCUT2D eigenvalue weighted by Crippen LogP contribution is -2.24. The fourth-order valence-corrected chi connectivity index (χ4v) is 2.64. The number of hydrogen-bond donors (Lipinski definition) is 1. The zero-order chi connectivity index (χ0) is 14.0. The average molecular weight is 278 g/mol. The first-order valence-corrected chi connectivity index (χ1v) is 7.20. The van der Waals surface area contributed by atoms with E-state index in [0.717, 1.165) is 10.8 Å². The number of aromatic nitrogens is 3. The SMILES string of the molecule is CCn1nc(C)cc(-c2csc(NC(C)C)n2)c1=O. The highest BCUT2D eigenvalue weighted by molar-refractivity contribution is 7.14. The number of nitrogens with one attached hydrogen (secondary N) is 1. The molecule has 2 heterocycles. The molecule has 0 aliphatic carbocycles. The molecule has 0 bridgehead atoms. The standard InChI is InChI=1S/C13H18N4OS/c1-5-17-12(18)10(6-9(4)16-17)11-7-19-13(15-11)14-8(2)3/h6-8H,5H2,1-4H3,(H,14,15). The topological polar surface area (TPSA) is 59.8 Å². The maximum Gasteiger partial charge on any atom is 0.276 e. The van der Waals surface area contributed by atoms with E-state index in [0.29, 0.717) is 23.8 Å². The van der Waals surface area contributed by atoms with Crippen molar-refractivity contribution in [2.75, 3.05) is 5.32 Å². The van der Waals surface area contributed by atoms with E-state index in [4.69, 9.17) is 0 Å². The van der Waals surface area contributed by atoms with Gasteiger partial charge in [-0.2, -0.15) is 5.10 Å². The van der Waals surface area contributed by atoms with Crippen molar-refractivity contribution < 1.29 is 0 Å². The van der Waals surface area contributed by atoms with Crippen molar-refractivity contribution >= 4 is 16.5 Å². The minimum absolute atomic E-state index is 0.0884. The number of aryl methyl sites for hydroxylation is 2. The molecule has 102 valence electrons. The summed E-state index contributed by atoms with van der Waals surface area (Å²) in [6.07, 6.45) is 0. The normalized spacial score (nSPS) is 11.0. The van der Waals surface area contributed by atoms with E-state index in [2.05, 4.69) is 29.2 Å². The molecule has 0 saturated heterocycles. The first-order chi connectivity index (χ1) is 9.01. The van der Waals surface area contributed by atoms with Gasteiger partial charge in [-0.3, -0.25) is 4.79 Å². The fourth-order valence-electron chi connectivity index (χ4n) is 1.78. The quantitative estimate of drug-likeness (QED) is 0.933. The van der Waals surface area contributed by atoms with Crippen LogP contribution >= 0.6 is 11.3 Å². The van der Waals surface area contributed by atoms with Crippen LogP contribution in [0.2, 0.25) is 0 Å². The van der Waals surface area contributed by atoms with Gasteiger partial charge in [-0.25, -0.2) is 9.67 Å². The molecule has 0 aliphatic heterocycles. The second-order valence-corrected chi connectivity index (χ2v) is 5.52. The molecule has 0 amide bonds. The summed E-state index contributed by atoms with van der Waals surface area (Å²) in [6, 6.07) is 2.12. The number of anilines is 1. The van der Waals surface area contributed by atoms with Crippen LogP contribution in [0.4, 0.5) is 5.13 Å². The van der Waals surface area contributed by atoms with Crippen LogP contribution in [-0.2, 0) is 6.54 Å². The second kappa shape index (κ2) is 5.52. The fraction of sp³-hybridized carbons (Fsp3) is 0.462. The van der Waals surface area contributed by atoms with Crippen LogP contribution in [-0.4, -0.2) is 20.8 Å². The largest absolute Gasteiger partial charge is 0.359 e. The summed E-state index contributed by atoms with van der Waals surface area (Å²) < 4.78 is 1.47. The van der Waals surface area contributed by atoms with Gasteiger partial charge in [0.15, 0.2) is 5.13 Å². The number of rotatable bonds is 4. The van der Waals surface area contributed by atoms with E-state index < -0.39 is 0 Å². The molecular weight excluding hydrogens is 260 g/mol. The lowest BCUT2D eigenvalue weighted by atomic mass is 10.2. The maximum absolute atomic E-state index is 12.2. The average Bonchev–Trinajstić information content (AvgIpc) is 2.79. The molecule has 2 aromatic heterocycles. The third kappa shape index (κ3) is 3.01. The van der Waals surface area contributed by atoms with Crippen molar-refractivity contribution in [3.63, 3.8) is 0 Å². The molecule has 2 rings (SSSR count). The Bertz CT molecular complexity index is 630. The monoisotopic (exact) mass is 278 g/mol. The molecule has 19 heavy (non-hydrogen) atoms. The molecule has 0 radical (unpaired) electrons. The van der Waals surface area contributed by atoms with Gasteiger partial charge < -0.3 is 5.32 Å². The Morgan fingerprint density at radius 2 is 2.21 bits per heavy atom. The van der Waals surface area contributed by atoms with Gasteiger partial charge in [0, 0.05) is 18.0 Å². The Labute approximate surface area is 116 Å². The van der Waals surface area contributed by atoms with Crippen molar-refractivity contribution in [2.24, 2.45) is 0 Å². The molecule has 2 aromatic rings. The van der Waals surface area contributed by atoms with Crippen molar-refractivity contribution in [1.29, 1.82) is 0 Å². The van der Waals surface area contributed by atoms with E-state index >= 15 is 0 Å². The molecule has 0 aliphatic rings. The van der Waals surface area contributed by atoms with Gasteiger partial charge in [0.25, 0.3) is 5.56 Å². The van der Waals surface area contributed by atoms with E-state index in [1.54, 1.807) is 6.07 Å². The van der Waals surface area contributed by atoms with Crippen molar-refractivity contribution in [3.05, 3.63) is 27.5 Å². The lowest BCUT2D eigenvalue weighted by Gasteiger charge is -2.06. The van der Waals surface area contributed by atoms with Crippen LogP contribution in [0.1, 0.15) is 26.5 Å². The van der Waals surface area contributed by atoms with Gasteiger partial charge in [0.1, 0.15) is 0 Å². The van der Waals surface area contributed by atoms with Gasteiger partial charge in [-0.15, -0.1) is 11.3 Å². The molecule has 1 N–H and O–H groups in total. The van der Waals surface area contributed by atoms with Crippen LogP contribution < -0.4 is 10.9 Å². The lowest BCUT2D eigenvalue weighted by molar-refractivity contribution is 0.607. The van der Waals surface area contributed by atoms with Crippen molar-refractivity contribution in [2.45, 2.75) is 40.3 Å². The Morgan fingerprint density at radius 1 is 1.47 bits per heavy atom. The molecule has 0 spiro atoms. The van der Waals surface area contributed by atoms with Crippen LogP contribution in [0.3, 0.4) is 0 Å². The first kappa shape index (κ1) is 13.7. The third-order valence-electron chi connectivity index (χ3n) is 2.59. The molecular formula is C13H18N4OS. The number of thiazole rings is 1. The van der Waals surface area contributed by atoms with Crippen LogP contribution in [0.25, 0.3) is 11.3 Å². The van der Waals surface area contributed by atoms with E-state index in [9.17, 15) is 4.79 Å². The molecule has 0 atom stereocenters. The number of nitrogens with zero attached hydrogens (tertiary/aromatic N) is 3. The third-order valence-corrected chi connectivity index (χ3v) is 3.36. The second-order valence-electron chi connectivity index (χ2n) is 4.66. The smallest absolute Gasteiger partial charge is 0.276 e. The summed E-state index contributed by atoms with van der Waals surface area (Å²) in [4.78, 5) is 16.7. The molecule has 0 unspecified atom stereocenters. The zero-order valence-electron chi connectivity index (χ0n) is 11.6. The predicted octanol–water partition coefficient (Wildman–Crippen LogP) is 2.52. The van der Waals surface area contributed by atoms with Gasteiger partial charge in [-0.1, -0.05) is 0 Å². The summed E-state index contributed by atoms with van der Waals surface area (Å²) in [7, 11) is 0. The highest BCUT2D eigenvalue weighted by atomic mass is 32.1. The number of hydrogen-bond acceptors (Lipinski definition) is 5. The molecule has 0 aromatic carbocycles. The summed E-state index contributed by atoms with van der Waals surface area (Å²) in [5, 5.41) is 10.2. The van der Waals surface area contributed by atoms with Gasteiger partial charge in [0.2, 0.25) is 0 Å². The highest BCUT2D eigenvalue weighted by Gasteiger charge is 2.12. The predicted molar refractivity (Wildman–Crippen MR) is 78.8 cm³/mol. The van der Waals surface area contributed by atoms with Crippen molar-refractivity contribution in [3.8, 4) is 11.3 Å².